The summed E-state index contributed by atoms with van der Waals surface area (Å²) in [4.78, 5) is 0. The van der Waals surface area contributed by atoms with Crippen LogP contribution in [-0.4, -0.2) is 18.3 Å². The highest BCUT2D eigenvalue weighted by atomic mass is 32.1. The molecule has 1 saturated heterocycles. The van der Waals surface area contributed by atoms with Gasteiger partial charge in [-0.3, -0.25) is 0 Å². The van der Waals surface area contributed by atoms with E-state index in [2.05, 4.69) is 107 Å². The van der Waals surface area contributed by atoms with Crippen LogP contribution in [-0.2, 0) is 9.31 Å². The molecule has 0 aliphatic carbocycles. The van der Waals surface area contributed by atoms with Gasteiger partial charge in [-0.15, -0.1) is 11.3 Å². The summed E-state index contributed by atoms with van der Waals surface area (Å²) in [6.45, 7) is 8.42. The molecule has 0 amide bonds. The van der Waals surface area contributed by atoms with Crippen LogP contribution in [0.2, 0.25) is 0 Å². The van der Waals surface area contributed by atoms with E-state index in [9.17, 15) is 0 Å². The highest BCUT2D eigenvalue weighted by Gasteiger charge is 2.52. The second-order valence-electron chi connectivity index (χ2n) is 9.68. The number of hydrogen-bond donors (Lipinski definition) is 0. The van der Waals surface area contributed by atoms with Gasteiger partial charge in [0.05, 0.1) is 11.2 Å². The van der Waals surface area contributed by atoms with Crippen LogP contribution >= 0.6 is 11.3 Å². The summed E-state index contributed by atoms with van der Waals surface area (Å²) in [6, 6.07) is 28.5. The Balaban J connectivity index is 1.52. The van der Waals surface area contributed by atoms with Crippen molar-refractivity contribution < 1.29 is 9.31 Å². The van der Waals surface area contributed by atoms with Gasteiger partial charge in [-0.1, -0.05) is 60.7 Å². The molecule has 0 unspecified atom stereocenters. The topological polar surface area (TPSA) is 18.5 Å². The number of thiophene rings is 1. The fourth-order valence-electron chi connectivity index (χ4n) is 4.58. The molecule has 4 heteroatoms. The maximum atomic E-state index is 6.44. The van der Waals surface area contributed by atoms with E-state index in [4.69, 9.17) is 9.31 Å². The highest BCUT2D eigenvalue weighted by Crippen LogP contribution is 2.39. The van der Waals surface area contributed by atoms with E-state index < -0.39 is 7.12 Å². The van der Waals surface area contributed by atoms with Gasteiger partial charge in [0.1, 0.15) is 0 Å². The molecule has 2 nitrogen and oxygen atoms in total. The van der Waals surface area contributed by atoms with Gasteiger partial charge in [0, 0.05) is 20.2 Å². The quantitative estimate of drug-likeness (QED) is 0.273. The van der Waals surface area contributed by atoms with E-state index >= 15 is 0 Å². The predicted octanol–water partition coefficient (Wildman–Crippen LogP) is 7.17. The third-order valence-corrected chi connectivity index (χ3v) is 8.25. The molecular formula is C28H25BO2S. The molecule has 1 fully saturated rings. The number of rotatable bonds is 2. The molecule has 0 bridgehead atoms. The molecule has 0 N–H and O–H groups in total. The van der Waals surface area contributed by atoms with E-state index in [0.29, 0.717) is 0 Å². The summed E-state index contributed by atoms with van der Waals surface area (Å²) in [7, 11) is -0.391. The molecule has 158 valence electrons. The first kappa shape index (κ1) is 20.0. The normalized spacial score (nSPS) is 17.6. The van der Waals surface area contributed by atoms with Gasteiger partial charge < -0.3 is 9.31 Å². The molecule has 0 spiro atoms. The molecule has 1 aliphatic heterocycles. The molecule has 5 aromatic rings. The highest BCUT2D eigenvalue weighted by molar-refractivity contribution is 7.25. The Morgan fingerprint density at radius 3 is 2.06 bits per heavy atom. The number of hydrogen-bond acceptors (Lipinski definition) is 3. The molecule has 4 aromatic carbocycles. The maximum absolute atomic E-state index is 6.44. The van der Waals surface area contributed by atoms with Gasteiger partial charge in [0.2, 0.25) is 0 Å². The molecule has 0 radical (unpaired) electrons. The van der Waals surface area contributed by atoms with Crippen molar-refractivity contribution in [3.05, 3.63) is 78.9 Å². The van der Waals surface area contributed by atoms with E-state index in [1.165, 1.54) is 42.1 Å². The minimum absolute atomic E-state index is 0.370. The van der Waals surface area contributed by atoms with Gasteiger partial charge in [0.15, 0.2) is 0 Å². The van der Waals surface area contributed by atoms with Crippen LogP contribution in [0.1, 0.15) is 27.7 Å². The number of fused-ring (bicyclic) bond motifs is 4. The summed E-state index contributed by atoms with van der Waals surface area (Å²) in [5.74, 6) is 0. The molecule has 32 heavy (non-hydrogen) atoms. The second kappa shape index (κ2) is 6.92. The van der Waals surface area contributed by atoms with Crippen molar-refractivity contribution in [2.24, 2.45) is 0 Å². The Kier molecular flexibility index (Phi) is 4.32. The fourth-order valence-corrected chi connectivity index (χ4v) is 5.72. The van der Waals surface area contributed by atoms with Crippen LogP contribution in [0.4, 0.5) is 0 Å². The summed E-state index contributed by atoms with van der Waals surface area (Å²) >= 11 is 1.85. The van der Waals surface area contributed by atoms with E-state index in [1.807, 2.05) is 11.3 Å². The maximum Gasteiger partial charge on any atom is 0.495 e. The zero-order chi connectivity index (χ0) is 22.1. The van der Waals surface area contributed by atoms with Crippen molar-refractivity contribution in [1.82, 2.24) is 0 Å². The first-order valence-corrected chi connectivity index (χ1v) is 11.9. The SMILES string of the molecule is CC1(C)OB(c2cc(-c3ccc4c(c3)sc3ccccc34)cc3ccccc23)OC1(C)C. The van der Waals surface area contributed by atoms with Gasteiger partial charge >= 0.3 is 7.12 Å². The average molecular weight is 436 g/mol. The lowest BCUT2D eigenvalue weighted by Gasteiger charge is -2.32. The Morgan fingerprint density at radius 1 is 0.625 bits per heavy atom. The second-order valence-corrected chi connectivity index (χ2v) is 10.8. The van der Waals surface area contributed by atoms with Crippen molar-refractivity contribution in [3.8, 4) is 11.1 Å². The van der Waals surface area contributed by atoms with Gasteiger partial charge in [-0.05, 0) is 73.3 Å². The van der Waals surface area contributed by atoms with Crippen molar-refractivity contribution in [1.29, 1.82) is 0 Å². The van der Waals surface area contributed by atoms with Crippen LogP contribution in [0, 0.1) is 0 Å². The minimum atomic E-state index is -0.391. The third kappa shape index (κ3) is 3.01. The molecular weight excluding hydrogens is 411 g/mol. The van der Waals surface area contributed by atoms with Crippen LogP contribution in [0.15, 0.2) is 78.9 Å². The average Bonchev–Trinajstić information content (AvgIpc) is 3.25. The summed E-state index contributed by atoms with van der Waals surface area (Å²) in [6.07, 6.45) is 0. The van der Waals surface area contributed by atoms with Gasteiger partial charge in [-0.2, -0.15) is 0 Å². The zero-order valence-corrected chi connectivity index (χ0v) is 19.6. The predicted molar refractivity (Wildman–Crippen MR) is 138 cm³/mol. The lowest BCUT2D eigenvalue weighted by Crippen LogP contribution is -2.41. The standard InChI is InChI=1S/C28H25BO2S/c1-27(2)28(3,4)31-29(30-27)24-16-20(15-19-9-5-6-10-21(19)24)18-13-14-23-22-11-7-8-12-25(22)32-26(23)17-18/h5-17H,1-4H3. The Hall–Kier alpha value is -2.66. The molecule has 6 rings (SSSR count). The van der Waals surface area contributed by atoms with E-state index in [0.717, 1.165) is 5.46 Å². The van der Waals surface area contributed by atoms with Crippen molar-refractivity contribution in [3.63, 3.8) is 0 Å². The zero-order valence-electron chi connectivity index (χ0n) is 18.8. The largest absolute Gasteiger partial charge is 0.495 e. The summed E-state index contributed by atoms with van der Waals surface area (Å²) in [5, 5.41) is 5.03. The molecule has 1 aromatic heterocycles. The lowest BCUT2D eigenvalue weighted by molar-refractivity contribution is 0.00578. The van der Waals surface area contributed by atoms with Crippen molar-refractivity contribution in [2.75, 3.05) is 0 Å². The first-order chi connectivity index (χ1) is 15.3. The Morgan fingerprint density at radius 2 is 1.28 bits per heavy atom. The smallest absolute Gasteiger partial charge is 0.399 e. The van der Waals surface area contributed by atoms with Crippen molar-refractivity contribution >= 4 is 54.9 Å². The molecule has 2 heterocycles. The van der Waals surface area contributed by atoms with Crippen LogP contribution in [0.3, 0.4) is 0 Å². The number of benzene rings is 4. The lowest BCUT2D eigenvalue weighted by atomic mass is 9.74. The third-order valence-electron chi connectivity index (χ3n) is 7.11. The van der Waals surface area contributed by atoms with Crippen LogP contribution in [0.25, 0.3) is 42.1 Å². The summed E-state index contributed by atoms with van der Waals surface area (Å²) < 4.78 is 15.5. The monoisotopic (exact) mass is 436 g/mol. The van der Waals surface area contributed by atoms with Gasteiger partial charge in [-0.25, -0.2) is 0 Å². The molecule has 0 atom stereocenters. The van der Waals surface area contributed by atoms with Crippen molar-refractivity contribution in [2.45, 2.75) is 38.9 Å². The molecule has 1 aliphatic rings. The summed E-state index contributed by atoms with van der Waals surface area (Å²) in [5.41, 5.74) is 2.75. The minimum Gasteiger partial charge on any atom is -0.399 e. The first-order valence-electron chi connectivity index (χ1n) is 11.1. The van der Waals surface area contributed by atoms with Crippen LogP contribution in [0.5, 0.6) is 0 Å². The van der Waals surface area contributed by atoms with Gasteiger partial charge in [0.25, 0.3) is 0 Å². The Labute approximate surface area is 192 Å². The fraction of sp³-hybridized carbons (Fsp3) is 0.214. The van der Waals surface area contributed by atoms with Crippen LogP contribution < -0.4 is 5.46 Å². The van der Waals surface area contributed by atoms with E-state index in [-0.39, 0.29) is 11.2 Å². The molecule has 0 saturated carbocycles. The van der Waals surface area contributed by atoms with E-state index in [1.54, 1.807) is 0 Å². The Bertz CT molecular complexity index is 1480.